The molecule has 3 aromatic rings. The molecular formula is C29H36N2O3. The fraction of sp³-hybridized carbons (Fsp3) is 0.483. The molecule has 0 saturated heterocycles. The number of fused-ring (bicyclic) bond motifs is 1. The average Bonchev–Trinajstić information content (AvgIpc) is 3.35. The molecule has 3 N–H and O–H groups in total. The summed E-state index contributed by atoms with van der Waals surface area (Å²) < 4.78 is 6.05. The van der Waals surface area contributed by atoms with Crippen LogP contribution >= 0.6 is 0 Å². The smallest absolute Gasteiger partial charge is 0.248 e. The van der Waals surface area contributed by atoms with Crippen LogP contribution in [0.5, 0.6) is 5.75 Å². The third-order valence-electron chi connectivity index (χ3n) is 7.88. The van der Waals surface area contributed by atoms with Gasteiger partial charge < -0.3 is 20.1 Å². The van der Waals surface area contributed by atoms with Crippen LogP contribution in [0.3, 0.4) is 0 Å². The van der Waals surface area contributed by atoms with Gasteiger partial charge in [0.05, 0.1) is 11.6 Å². The van der Waals surface area contributed by atoms with Crippen LogP contribution in [0.15, 0.2) is 59.4 Å². The standard InChI is InChI=1S/C29H36N2O3/c32-26(18-30-25-13-7-12-22(25)21-10-5-2-6-11-21)23-14-16-27(29-24(23)15-17-28(33)31-29)34-19-20-8-3-1-4-9-20/h1,3-4,8-9,14-17,21-22,25-26,30,32H,2,5-7,10-13,18-19H2,(H,31,33)/t22-,25-,26+/m1/s1. The topological polar surface area (TPSA) is 74.3 Å². The number of hydrogen-bond acceptors (Lipinski definition) is 4. The average molecular weight is 461 g/mol. The predicted octanol–water partition coefficient (Wildman–Crippen LogP) is 5.48. The first kappa shape index (κ1) is 23.1. The van der Waals surface area contributed by atoms with Crippen LogP contribution in [0, 0.1) is 11.8 Å². The molecule has 2 fully saturated rings. The Morgan fingerprint density at radius 2 is 1.76 bits per heavy atom. The highest BCUT2D eigenvalue weighted by atomic mass is 16.5. The Balaban J connectivity index is 1.30. The van der Waals surface area contributed by atoms with Gasteiger partial charge in [-0.2, -0.15) is 0 Å². The van der Waals surface area contributed by atoms with Crippen LogP contribution in [0.2, 0.25) is 0 Å². The van der Waals surface area contributed by atoms with Crippen molar-refractivity contribution >= 4 is 10.9 Å². The molecule has 0 radical (unpaired) electrons. The van der Waals surface area contributed by atoms with Crippen molar-refractivity contribution in [1.82, 2.24) is 10.3 Å². The second-order valence-corrected chi connectivity index (χ2v) is 10.1. The lowest BCUT2D eigenvalue weighted by Gasteiger charge is -2.32. The zero-order valence-electron chi connectivity index (χ0n) is 19.8. The van der Waals surface area contributed by atoms with E-state index in [0.29, 0.717) is 30.5 Å². The Kier molecular flexibility index (Phi) is 7.31. The molecule has 0 aliphatic heterocycles. The number of H-pyrrole nitrogens is 1. The number of rotatable bonds is 8. The van der Waals surface area contributed by atoms with E-state index in [1.165, 1.54) is 57.4 Å². The predicted molar refractivity (Wildman–Crippen MR) is 136 cm³/mol. The molecule has 34 heavy (non-hydrogen) atoms. The monoisotopic (exact) mass is 460 g/mol. The minimum absolute atomic E-state index is 0.178. The van der Waals surface area contributed by atoms with Gasteiger partial charge in [0.2, 0.25) is 5.56 Å². The number of pyridine rings is 1. The Morgan fingerprint density at radius 3 is 2.59 bits per heavy atom. The van der Waals surface area contributed by atoms with E-state index in [4.69, 9.17) is 4.74 Å². The molecule has 2 aliphatic carbocycles. The van der Waals surface area contributed by atoms with Crippen molar-refractivity contribution in [2.75, 3.05) is 6.54 Å². The molecule has 2 aliphatic rings. The van der Waals surface area contributed by atoms with Gasteiger partial charge in [0.1, 0.15) is 12.4 Å². The SMILES string of the molecule is O=c1ccc2c([C@@H](O)CN[C@@H]3CCC[C@@H]3C3CCCCC3)ccc(OCc3ccccc3)c2[nH]1. The van der Waals surface area contributed by atoms with E-state index in [1.807, 2.05) is 42.5 Å². The summed E-state index contributed by atoms with van der Waals surface area (Å²) in [6, 6.07) is 17.6. The van der Waals surface area contributed by atoms with Crippen LogP contribution in [-0.2, 0) is 6.61 Å². The van der Waals surface area contributed by atoms with E-state index < -0.39 is 6.10 Å². The summed E-state index contributed by atoms with van der Waals surface area (Å²) in [5.41, 5.74) is 2.34. The van der Waals surface area contributed by atoms with Gasteiger partial charge in [0.15, 0.2) is 0 Å². The van der Waals surface area contributed by atoms with Crippen molar-refractivity contribution < 1.29 is 9.84 Å². The number of aliphatic hydroxyl groups is 1. The summed E-state index contributed by atoms with van der Waals surface area (Å²) in [6.45, 7) is 0.937. The van der Waals surface area contributed by atoms with E-state index in [2.05, 4.69) is 10.3 Å². The molecule has 0 bridgehead atoms. The van der Waals surface area contributed by atoms with E-state index >= 15 is 0 Å². The Bertz CT molecular complexity index is 1140. The quantitative estimate of drug-likeness (QED) is 0.416. The summed E-state index contributed by atoms with van der Waals surface area (Å²) in [5.74, 6) is 2.21. The van der Waals surface area contributed by atoms with Crippen molar-refractivity contribution in [1.29, 1.82) is 0 Å². The van der Waals surface area contributed by atoms with Crippen LogP contribution < -0.4 is 15.6 Å². The van der Waals surface area contributed by atoms with Gasteiger partial charge in [0.25, 0.3) is 0 Å². The summed E-state index contributed by atoms with van der Waals surface area (Å²) in [4.78, 5) is 15.0. The largest absolute Gasteiger partial charge is 0.487 e. The van der Waals surface area contributed by atoms with Gasteiger partial charge in [0, 0.05) is 24.0 Å². The van der Waals surface area contributed by atoms with E-state index in [-0.39, 0.29) is 5.56 Å². The third kappa shape index (κ3) is 5.21. The summed E-state index contributed by atoms with van der Waals surface area (Å²) in [7, 11) is 0. The van der Waals surface area contributed by atoms with Crippen molar-refractivity contribution in [3.63, 3.8) is 0 Å². The van der Waals surface area contributed by atoms with Crippen LogP contribution in [-0.4, -0.2) is 22.7 Å². The summed E-state index contributed by atoms with van der Waals surface area (Å²) >= 11 is 0. The number of aliphatic hydroxyl groups excluding tert-OH is 1. The van der Waals surface area contributed by atoms with E-state index in [1.54, 1.807) is 6.07 Å². The summed E-state index contributed by atoms with van der Waals surface area (Å²) in [5, 5.41) is 15.7. The second-order valence-electron chi connectivity index (χ2n) is 10.1. The Labute approximate surface area is 201 Å². The highest BCUT2D eigenvalue weighted by Crippen LogP contribution is 2.40. The molecule has 2 aromatic carbocycles. The fourth-order valence-electron chi connectivity index (χ4n) is 6.14. The van der Waals surface area contributed by atoms with Gasteiger partial charge in [-0.05, 0) is 47.9 Å². The van der Waals surface area contributed by atoms with Gasteiger partial charge in [-0.1, -0.05) is 74.9 Å². The molecular weight excluding hydrogens is 424 g/mol. The van der Waals surface area contributed by atoms with Gasteiger partial charge in [-0.15, -0.1) is 0 Å². The van der Waals surface area contributed by atoms with Gasteiger partial charge >= 0.3 is 0 Å². The lowest BCUT2D eigenvalue weighted by atomic mass is 9.77. The lowest BCUT2D eigenvalue weighted by Crippen LogP contribution is -2.38. The first-order chi connectivity index (χ1) is 16.7. The highest BCUT2D eigenvalue weighted by Gasteiger charge is 2.34. The first-order valence-corrected chi connectivity index (χ1v) is 12.9. The molecule has 2 saturated carbocycles. The second kappa shape index (κ2) is 10.7. The van der Waals surface area contributed by atoms with Crippen molar-refractivity contribution in [2.24, 2.45) is 11.8 Å². The van der Waals surface area contributed by atoms with Crippen molar-refractivity contribution in [2.45, 2.75) is 70.1 Å². The molecule has 5 rings (SSSR count). The van der Waals surface area contributed by atoms with Crippen molar-refractivity contribution in [3.8, 4) is 5.75 Å². The maximum absolute atomic E-state index is 12.1. The summed E-state index contributed by atoms with van der Waals surface area (Å²) in [6.07, 6.45) is 10.0. The third-order valence-corrected chi connectivity index (χ3v) is 7.88. The Hall–Kier alpha value is -2.63. The number of ether oxygens (including phenoxy) is 1. The molecule has 0 amide bonds. The van der Waals surface area contributed by atoms with E-state index in [9.17, 15) is 9.90 Å². The number of hydrogen-bond donors (Lipinski definition) is 3. The number of benzene rings is 2. The zero-order chi connectivity index (χ0) is 23.3. The normalized spacial score (nSPS) is 22.1. The first-order valence-electron chi connectivity index (χ1n) is 12.9. The Morgan fingerprint density at radius 1 is 0.941 bits per heavy atom. The molecule has 5 heteroatoms. The zero-order valence-corrected chi connectivity index (χ0v) is 19.8. The number of nitrogens with one attached hydrogen (secondary N) is 2. The molecule has 3 atom stereocenters. The maximum atomic E-state index is 12.1. The molecule has 0 spiro atoms. The molecule has 1 aromatic heterocycles. The maximum Gasteiger partial charge on any atom is 0.248 e. The molecule has 180 valence electrons. The molecule has 5 nitrogen and oxygen atoms in total. The van der Waals surface area contributed by atoms with Crippen LogP contribution in [0.4, 0.5) is 0 Å². The van der Waals surface area contributed by atoms with Crippen molar-refractivity contribution in [3.05, 3.63) is 76.1 Å². The number of aromatic amines is 1. The van der Waals surface area contributed by atoms with Gasteiger partial charge in [-0.3, -0.25) is 4.79 Å². The van der Waals surface area contributed by atoms with Gasteiger partial charge in [-0.25, -0.2) is 0 Å². The van der Waals surface area contributed by atoms with Crippen LogP contribution in [0.25, 0.3) is 10.9 Å². The van der Waals surface area contributed by atoms with E-state index in [0.717, 1.165) is 28.3 Å². The fourth-order valence-corrected chi connectivity index (χ4v) is 6.14. The number of aromatic nitrogens is 1. The highest BCUT2D eigenvalue weighted by molar-refractivity contribution is 5.87. The molecule has 1 heterocycles. The molecule has 0 unspecified atom stereocenters. The van der Waals surface area contributed by atoms with Crippen LogP contribution in [0.1, 0.15) is 68.6 Å². The minimum Gasteiger partial charge on any atom is -0.487 e. The lowest BCUT2D eigenvalue weighted by molar-refractivity contribution is 0.155. The minimum atomic E-state index is -0.649.